The molecule has 0 rings (SSSR count). The fraction of sp³-hybridized carbons (Fsp3) is 0.500. The molecule has 0 spiro atoms. The Bertz CT molecular complexity index is 37.4. The molecule has 0 heterocycles. The van der Waals surface area contributed by atoms with E-state index < -0.39 is 0 Å². The van der Waals surface area contributed by atoms with Gasteiger partial charge in [-0.2, -0.15) is 0 Å². The van der Waals surface area contributed by atoms with Gasteiger partial charge in [0.1, 0.15) is 0 Å². The molecule has 0 aliphatic carbocycles. The van der Waals surface area contributed by atoms with Gasteiger partial charge >= 0.3 is 18.9 Å². The molecule has 0 radical (unpaired) electrons. The summed E-state index contributed by atoms with van der Waals surface area (Å²) in [6, 6.07) is 0. The van der Waals surface area contributed by atoms with Gasteiger partial charge in [-0.05, 0) is 0 Å². The molecule has 0 amide bonds. The Kier molecular flexibility index (Phi) is 16.1. The summed E-state index contributed by atoms with van der Waals surface area (Å²) < 4.78 is 0. The van der Waals surface area contributed by atoms with E-state index in [0.717, 1.165) is 0 Å². The van der Waals surface area contributed by atoms with Crippen LogP contribution in [0.4, 0.5) is 0 Å². The average molecular weight is 62.0 g/mol. The van der Waals surface area contributed by atoms with E-state index in [9.17, 15) is 0 Å². The quantitative estimate of drug-likeness (QED) is 0.225. The van der Waals surface area contributed by atoms with E-state index in [2.05, 4.69) is 5.32 Å². The maximum atomic E-state index is 7.46. The SMILES string of the molecule is C[N-]C#N.[Li+]. The van der Waals surface area contributed by atoms with Crippen molar-refractivity contribution in [1.29, 1.82) is 5.26 Å². The van der Waals surface area contributed by atoms with Gasteiger partial charge in [0.15, 0.2) is 0 Å². The topological polar surface area (TPSA) is 37.9 Å². The van der Waals surface area contributed by atoms with Crippen molar-refractivity contribution in [3.63, 3.8) is 0 Å². The number of hydrogen-bond acceptors (Lipinski definition) is 1. The third-order valence-electron chi connectivity index (χ3n) is 0.100. The molecule has 0 bridgehead atoms. The van der Waals surface area contributed by atoms with Gasteiger partial charge < -0.3 is 10.6 Å². The second kappa shape index (κ2) is 9.10. The zero-order valence-corrected chi connectivity index (χ0v) is 3.39. The van der Waals surface area contributed by atoms with Gasteiger partial charge in [0.2, 0.25) is 0 Å². The first-order valence-corrected chi connectivity index (χ1v) is 0.894. The normalized spacial score (nSPS) is 3.20. The van der Waals surface area contributed by atoms with E-state index >= 15 is 0 Å². The van der Waals surface area contributed by atoms with Gasteiger partial charge in [0.05, 0.1) is 0 Å². The van der Waals surface area contributed by atoms with Gasteiger partial charge in [-0.25, -0.2) is 0 Å². The Labute approximate surface area is 43.3 Å². The van der Waals surface area contributed by atoms with Crippen LogP contribution in [0.15, 0.2) is 0 Å². The third-order valence-corrected chi connectivity index (χ3v) is 0.100. The minimum absolute atomic E-state index is 0. The van der Waals surface area contributed by atoms with Crippen LogP contribution in [0.2, 0.25) is 0 Å². The smallest absolute Gasteiger partial charge is 0.494 e. The zero-order chi connectivity index (χ0) is 3.41. The van der Waals surface area contributed by atoms with Crippen molar-refractivity contribution in [2.45, 2.75) is 0 Å². The van der Waals surface area contributed by atoms with Gasteiger partial charge in [0.25, 0.3) is 0 Å². The molecular weight excluding hydrogens is 59.0 g/mol. The van der Waals surface area contributed by atoms with Crippen LogP contribution in [0.5, 0.6) is 0 Å². The Morgan fingerprint density at radius 1 is 1.80 bits per heavy atom. The number of rotatable bonds is 0. The molecule has 5 heavy (non-hydrogen) atoms. The van der Waals surface area contributed by atoms with E-state index in [1.165, 1.54) is 7.05 Å². The summed E-state index contributed by atoms with van der Waals surface area (Å²) in [4.78, 5) is 0. The average Bonchev–Trinajstić information content (AvgIpc) is 1.37. The summed E-state index contributed by atoms with van der Waals surface area (Å²) in [5, 5.41) is 10.5. The predicted molar refractivity (Wildman–Crippen MR) is 14.9 cm³/mol. The summed E-state index contributed by atoms with van der Waals surface area (Å²) in [6.07, 6.45) is 1.56. The molecule has 0 aromatic heterocycles. The second-order valence-electron chi connectivity index (χ2n) is 0.324. The van der Waals surface area contributed by atoms with Crippen LogP contribution >= 0.6 is 0 Å². The molecule has 22 valence electrons. The van der Waals surface area contributed by atoms with Crippen LogP contribution in [-0.2, 0) is 0 Å². The first-order chi connectivity index (χ1) is 1.91. The van der Waals surface area contributed by atoms with E-state index in [4.69, 9.17) is 5.26 Å². The van der Waals surface area contributed by atoms with Crippen molar-refractivity contribution in [3.05, 3.63) is 5.32 Å². The number of nitrogens with zero attached hydrogens (tertiary/aromatic N) is 2. The monoisotopic (exact) mass is 62.0 g/mol. The molecule has 3 heteroatoms. The van der Waals surface area contributed by atoms with E-state index in [-0.39, 0.29) is 18.9 Å². The van der Waals surface area contributed by atoms with Gasteiger partial charge in [-0.15, -0.1) is 0 Å². The first-order valence-electron chi connectivity index (χ1n) is 0.894. The maximum Gasteiger partial charge on any atom is 1.00 e. The van der Waals surface area contributed by atoms with Gasteiger partial charge in [-0.3, -0.25) is 0 Å². The Hall–Kier alpha value is -0.113. The maximum absolute atomic E-state index is 7.46. The first kappa shape index (κ1) is 8.86. The van der Waals surface area contributed by atoms with Crippen molar-refractivity contribution in [3.8, 4) is 6.19 Å². The zero-order valence-electron chi connectivity index (χ0n) is 3.39. The third kappa shape index (κ3) is 17.6. The molecule has 0 N–H and O–H groups in total. The van der Waals surface area contributed by atoms with Crippen LogP contribution in [0, 0.1) is 11.5 Å². The Morgan fingerprint density at radius 2 is 2.00 bits per heavy atom. The molecule has 0 aromatic rings. The number of hydrogen-bond donors (Lipinski definition) is 0. The summed E-state index contributed by atoms with van der Waals surface area (Å²) in [5.74, 6) is 0. The fourth-order valence-electron chi connectivity index (χ4n) is 0. The molecule has 0 unspecified atom stereocenters. The molecule has 0 aliphatic rings. The standard InChI is InChI=1S/C2H3N2.Li/c1-4-2-3;/h1H3;/q-1;+1. The Balaban J connectivity index is 0. The van der Waals surface area contributed by atoms with E-state index in [0.29, 0.717) is 0 Å². The van der Waals surface area contributed by atoms with Crippen molar-refractivity contribution in [1.82, 2.24) is 0 Å². The van der Waals surface area contributed by atoms with Crippen LogP contribution in [0.3, 0.4) is 0 Å². The van der Waals surface area contributed by atoms with E-state index in [1.54, 1.807) is 6.19 Å². The number of nitriles is 1. The van der Waals surface area contributed by atoms with Crippen LogP contribution in [0.25, 0.3) is 5.32 Å². The minimum Gasteiger partial charge on any atom is -0.494 e. The molecule has 2 nitrogen and oxygen atoms in total. The second-order valence-corrected chi connectivity index (χ2v) is 0.324. The van der Waals surface area contributed by atoms with E-state index in [1.807, 2.05) is 0 Å². The molecular formula is C2H3LiN2. The molecule has 0 aromatic carbocycles. The molecule has 0 aliphatic heterocycles. The Morgan fingerprint density at radius 3 is 2.00 bits per heavy atom. The largest absolute Gasteiger partial charge is 1.00 e. The summed E-state index contributed by atoms with van der Waals surface area (Å²) in [5.41, 5.74) is 0. The minimum atomic E-state index is 0. The molecule has 0 fully saturated rings. The van der Waals surface area contributed by atoms with Crippen molar-refractivity contribution < 1.29 is 18.9 Å². The summed E-state index contributed by atoms with van der Waals surface area (Å²) >= 11 is 0. The van der Waals surface area contributed by atoms with Crippen molar-refractivity contribution in [2.24, 2.45) is 0 Å². The van der Waals surface area contributed by atoms with Crippen molar-refractivity contribution in [2.75, 3.05) is 7.05 Å². The van der Waals surface area contributed by atoms with Gasteiger partial charge in [0, 0.05) is 0 Å². The van der Waals surface area contributed by atoms with Gasteiger partial charge in [-0.1, -0.05) is 13.2 Å². The summed E-state index contributed by atoms with van der Waals surface area (Å²) in [6.45, 7) is 0. The molecule has 0 saturated heterocycles. The predicted octanol–water partition coefficient (Wildman–Crippen LogP) is -2.53. The van der Waals surface area contributed by atoms with Crippen LogP contribution < -0.4 is 18.9 Å². The molecule has 0 atom stereocenters. The van der Waals surface area contributed by atoms with Crippen molar-refractivity contribution >= 4 is 0 Å². The fourth-order valence-corrected chi connectivity index (χ4v) is 0. The summed E-state index contributed by atoms with van der Waals surface area (Å²) in [7, 11) is 1.44. The van der Waals surface area contributed by atoms with Crippen LogP contribution in [0.1, 0.15) is 0 Å². The van der Waals surface area contributed by atoms with Crippen LogP contribution in [-0.4, -0.2) is 7.05 Å². The molecule has 0 saturated carbocycles.